The van der Waals surface area contributed by atoms with Gasteiger partial charge < -0.3 is 5.32 Å². The van der Waals surface area contributed by atoms with Crippen LogP contribution in [0.15, 0.2) is 40.9 Å². The molecule has 0 saturated carbocycles. The number of hydrogen-bond acceptors (Lipinski definition) is 3. The van der Waals surface area contributed by atoms with Gasteiger partial charge in [0.1, 0.15) is 11.6 Å². The number of rotatable bonds is 4. The first-order chi connectivity index (χ1) is 9.47. The Labute approximate surface area is 121 Å². The maximum Gasteiger partial charge on any atom is 0.269 e. The first-order valence-electron chi connectivity index (χ1n) is 5.59. The molecule has 0 saturated heterocycles. The van der Waals surface area contributed by atoms with Crippen molar-refractivity contribution in [3.63, 3.8) is 0 Å². The van der Waals surface area contributed by atoms with Gasteiger partial charge in [-0.15, -0.1) is 0 Å². The van der Waals surface area contributed by atoms with Gasteiger partial charge in [0.25, 0.3) is 5.69 Å². The molecule has 0 bridgehead atoms. The highest BCUT2D eigenvalue weighted by atomic mass is 79.9. The van der Waals surface area contributed by atoms with Crippen molar-refractivity contribution in [3.05, 3.63) is 68.2 Å². The van der Waals surface area contributed by atoms with E-state index in [2.05, 4.69) is 21.2 Å². The largest absolute Gasteiger partial charge is 0.379 e. The molecule has 0 spiro atoms. The highest BCUT2D eigenvalue weighted by molar-refractivity contribution is 9.10. The third-order valence-corrected chi connectivity index (χ3v) is 3.25. The minimum absolute atomic E-state index is 0.0189. The summed E-state index contributed by atoms with van der Waals surface area (Å²) in [7, 11) is 0. The molecular formula is C13H9BrF2N2O2. The molecule has 2 aromatic carbocycles. The molecule has 0 aliphatic rings. The SMILES string of the molecule is O=[N+]([O-])c1ccc(CNc2cc(F)c(Br)cc2F)cc1. The van der Waals surface area contributed by atoms with Gasteiger partial charge in [0, 0.05) is 24.7 Å². The van der Waals surface area contributed by atoms with Gasteiger partial charge in [0.2, 0.25) is 0 Å². The maximum atomic E-state index is 13.6. The van der Waals surface area contributed by atoms with E-state index in [9.17, 15) is 18.9 Å². The van der Waals surface area contributed by atoms with E-state index in [0.717, 1.165) is 17.7 Å². The third-order valence-electron chi connectivity index (χ3n) is 2.64. The highest BCUT2D eigenvalue weighted by Crippen LogP contribution is 2.24. The van der Waals surface area contributed by atoms with Crippen LogP contribution >= 0.6 is 15.9 Å². The average molecular weight is 343 g/mol. The van der Waals surface area contributed by atoms with E-state index in [-0.39, 0.29) is 22.4 Å². The molecule has 1 N–H and O–H groups in total. The molecular weight excluding hydrogens is 334 g/mol. The van der Waals surface area contributed by atoms with Crippen molar-refractivity contribution in [1.82, 2.24) is 0 Å². The van der Waals surface area contributed by atoms with E-state index in [1.54, 1.807) is 12.1 Å². The Morgan fingerprint density at radius 3 is 2.40 bits per heavy atom. The van der Waals surface area contributed by atoms with Gasteiger partial charge in [-0.25, -0.2) is 8.78 Å². The Morgan fingerprint density at radius 2 is 1.80 bits per heavy atom. The molecule has 0 aliphatic carbocycles. The minimum atomic E-state index is -0.583. The summed E-state index contributed by atoms with van der Waals surface area (Å²) in [6, 6.07) is 7.90. The fraction of sp³-hybridized carbons (Fsp3) is 0.0769. The number of halogens is 3. The van der Waals surface area contributed by atoms with Crippen LogP contribution in [0.2, 0.25) is 0 Å². The summed E-state index contributed by atoms with van der Waals surface area (Å²) < 4.78 is 26.9. The minimum Gasteiger partial charge on any atom is -0.379 e. The zero-order chi connectivity index (χ0) is 14.7. The molecule has 0 atom stereocenters. The lowest BCUT2D eigenvalue weighted by atomic mass is 10.2. The van der Waals surface area contributed by atoms with E-state index >= 15 is 0 Å². The molecule has 104 valence electrons. The first kappa shape index (κ1) is 14.4. The second-order valence-electron chi connectivity index (χ2n) is 4.02. The summed E-state index contributed by atoms with van der Waals surface area (Å²) >= 11 is 2.89. The van der Waals surface area contributed by atoms with Crippen LogP contribution in [0.4, 0.5) is 20.2 Å². The van der Waals surface area contributed by atoms with Gasteiger partial charge in [0.05, 0.1) is 15.1 Å². The number of non-ortho nitro benzene ring substituents is 1. The van der Waals surface area contributed by atoms with Crippen LogP contribution in [0.5, 0.6) is 0 Å². The third kappa shape index (κ3) is 3.30. The van der Waals surface area contributed by atoms with Crippen molar-refractivity contribution in [1.29, 1.82) is 0 Å². The first-order valence-corrected chi connectivity index (χ1v) is 6.38. The van der Waals surface area contributed by atoms with Crippen molar-refractivity contribution < 1.29 is 13.7 Å². The summed E-state index contributed by atoms with van der Waals surface area (Å²) in [5, 5.41) is 13.2. The smallest absolute Gasteiger partial charge is 0.269 e. The molecule has 4 nitrogen and oxygen atoms in total. The lowest BCUT2D eigenvalue weighted by Gasteiger charge is -2.08. The summed E-state index contributed by atoms with van der Waals surface area (Å²) in [6.07, 6.45) is 0. The van der Waals surface area contributed by atoms with Crippen molar-refractivity contribution >= 4 is 27.3 Å². The van der Waals surface area contributed by atoms with Crippen molar-refractivity contribution in [2.75, 3.05) is 5.32 Å². The van der Waals surface area contributed by atoms with Crippen LogP contribution < -0.4 is 5.32 Å². The standard InChI is InChI=1S/C13H9BrF2N2O2/c14-10-5-12(16)13(6-11(10)15)17-7-8-1-3-9(4-2-8)18(19)20/h1-6,17H,7H2. The number of nitro benzene ring substituents is 1. The Hall–Kier alpha value is -2.02. The predicted octanol–water partition coefficient (Wildman–Crippen LogP) is 4.25. The van der Waals surface area contributed by atoms with Gasteiger partial charge in [0.15, 0.2) is 0 Å². The van der Waals surface area contributed by atoms with Gasteiger partial charge >= 0.3 is 0 Å². The van der Waals surface area contributed by atoms with Crippen LogP contribution in [-0.2, 0) is 6.54 Å². The Kier molecular flexibility index (Phi) is 4.29. The highest BCUT2D eigenvalue weighted by Gasteiger charge is 2.08. The van der Waals surface area contributed by atoms with Gasteiger partial charge in [-0.2, -0.15) is 0 Å². The van der Waals surface area contributed by atoms with E-state index in [1.165, 1.54) is 12.1 Å². The average Bonchev–Trinajstić information content (AvgIpc) is 2.42. The number of benzene rings is 2. The molecule has 0 aromatic heterocycles. The van der Waals surface area contributed by atoms with Crippen molar-refractivity contribution in [3.8, 4) is 0 Å². The lowest BCUT2D eigenvalue weighted by molar-refractivity contribution is -0.384. The molecule has 0 amide bonds. The van der Waals surface area contributed by atoms with Crippen LogP contribution in [0, 0.1) is 21.7 Å². The second kappa shape index (κ2) is 5.96. The van der Waals surface area contributed by atoms with Gasteiger partial charge in [-0.05, 0) is 27.6 Å². The Balaban J connectivity index is 2.09. The van der Waals surface area contributed by atoms with E-state index in [0.29, 0.717) is 0 Å². The van der Waals surface area contributed by atoms with Crippen LogP contribution in [0.1, 0.15) is 5.56 Å². The van der Waals surface area contributed by atoms with Crippen LogP contribution in [0.25, 0.3) is 0 Å². The number of anilines is 1. The number of hydrogen-bond donors (Lipinski definition) is 1. The molecule has 0 unspecified atom stereocenters. The monoisotopic (exact) mass is 342 g/mol. The van der Waals surface area contributed by atoms with Crippen LogP contribution in [0.3, 0.4) is 0 Å². The van der Waals surface area contributed by atoms with Crippen molar-refractivity contribution in [2.45, 2.75) is 6.54 Å². The zero-order valence-electron chi connectivity index (χ0n) is 10.1. The number of nitrogens with one attached hydrogen (secondary N) is 1. The Bertz CT molecular complexity index is 648. The molecule has 2 aromatic rings. The summed E-state index contributed by atoms with van der Waals surface area (Å²) in [4.78, 5) is 10.0. The second-order valence-corrected chi connectivity index (χ2v) is 4.88. The fourth-order valence-electron chi connectivity index (χ4n) is 1.59. The molecule has 0 heterocycles. The Morgan fingerprint density at radius 1 is 1.15 bits per heavy atom. The number of nitrogens with zero attached hydrogens (tertiary/aromatic N) is 1. The summed E-state index contributed by atoms with van der Waals surface area (Å²) in [5.41, 5.74) is 0.733. The molecule has 0 radical (unpaired) electrons. The quantitative estimate of drug-likeness (QED) is 0.513. The molecule has 7 heteroatoms. The molecule has 2 rings (SSSR count). The van der Waals surface area contributed by atoms with Crippen molar-refractivity contribution in [2.24, 2.45) is 0 Å². The molecule has 0 aliphatic heterocycles. The van der Waals surface area contributed by atoms with E-state index < -0.39 is 16.6 Å². The number of nitro groups is 1. The van der Waals surface area contributed by atoms with E-state index in [1.807, 2.05) is 0 Å². The van der Waals surface area contributed by atoms with Crippen LogP contribution in [-0.4, -0.2) is 4.92 Å². The van der Waals surface area contributed by atoms with Gasteiger partial charge in [-0.1, -0.05) is 12.1 Å². The molecule has 20 heavy (non-hydrogen) atoms. The maximum absolute atomic E-state index is 13.6. The lowest BCUT2D eigenvalue weighted by Crippen LogP contribution is -2.02. The fourth-order valence-corrected chi connectivity index (χ4v) is 1.91. The summed E-state index contributed by atoms with van der Waals surface area (Å²) in [5.74, 6) is -1.15. The zero-order valence-corrected chi connectivity index (χ0v) is 11.7. The normalized spacial score (nSPS) is 10.3. The van der Waals surface area contributed by atoms with Gasteiger partial charge in [-0.3, -0.25) is 10.1 Å². The molecule has 0 fully saturated rings. The summed E-state index contributed by atoms with van der Waals surface area (Å²) in [6.45, 7) is 0.232. The predicted molar refractivity (Wildman–Crippen MR) is 74.5 cm³/mol. The van der Waals surface area contributed by atoms with E-state index in [4.69, 9.17) is 0 Å². The topological polar surface area (TPSA) is 55.2 Å².